The summed E-state index contributed by atoms with van der Waals surface area (Å²) in [5, 5.41) is 0.366. The van der Waals surface area contributed by atoms with Crippen molar-refractivity contribution in [3.05, 3.63) is 17.7 Å². The molecule has 1 aliphatic rings. The van der Waals surface area contributed by atoms with E-state index >= 15 is 0 Å². The Morgan fingerprint density at radius 2 is 2.12 bits per heavy atom. The van der Waals surface area contributed by atoms with Crippen LogP contribution >= 0.6 is 11.6 Å². The minimum Gasteiger partial charge on any atom is -0.339 e. The maximum atomic E-state index is 12.0. The zero-order valence-electron chi connectivity index (χ0n) is 9.97. The second-order valence-corrected chi connectivity index (χ2v) is 4.48. The molecule has 5 nitrogen and oxygen atoms in total. The number of amides is 1. The fourth-order valence-corrected chi connectivity index (χ4v) is 2.16. The van der Waals surface area contributed by atoms with Gasteiger partial charge in [-0.15, -0.1) is 0 Å². The van der Waals surface area contributed by atoms with Gasteiger partial charge in [0.15, 0.2) is 0 Å². The average Bonchev–Trinajstić information content (AvgIpc) is 2.75. The van der Waals surface area contributed by atoms with Gasteiger partial charge in [0.2, 0.25) is 11.2 Å². The summed E-state index contributed by atoms with van der Waals surface area (Å²) < 4.78 is 1.66. The van der Waals surface area contributed by atoms with Crippen LogP contribution in [0.15, 0.2) is 12.4 Å². The first kappa shape index (κ1) is 12.4. The topological polar surface area (TPSA) is 41.4 Å². The molecule has 0 aliphatic carbocycles. The molecular formula is C11H17ClN4O. The summed E-state index contributed by atoms with van der Waals surface area (Å²) in [7, 11) is 0. The van der Waals surface area contributed by atoms with Gasteiger partial charge in [-0.25, -0.2) is 4.98 Å². The van der Waals surface area contributed by atoms with Crippen molar-refractivity contribution in [2.75, 3.05) is 32.7 Å². The molecule has 2 rings (SSSR count). The molecule has 1 fully saturated rings. The van der Waals surface area contributed by atoms with Gasteiger partial charge in [0.05, 0.1) is 0 Å². The van der Waals surface area contributed by atoms with E-state index in [0.29, 0.717) is 5.28 Å². The number of hydrogen-bond acceptors (Lipinski definition) is 3. The summed E-state index contributed by atoms with van der Waals surface area (Å²) in [5.74, 6) is 0.112. The van der Waals surface area contributed by atoms with Crippen LogP contribution in [0.5, 0.6) is 0 Å². The van der Waals surface area contributed by atoms with Crippen molar-refractivity contribution in [1.29, 1.82) is 0 Å². The van der Waals surface area contributed by atoms with Gasteiger partial charge in [-0.1, -0.05) is 6.92 Å². The molecule has 0 radical (unpaired) electrons. The minimum atomic E-state index is 0.112. The highest BCUT2D eigenvalue weighted by atomic mass is 35.5. The standard InChI is InChI=1S/C11H17ClN4O/c1-2-14-5-7-15(8-6-14)10(17)9-16-4-3-13-11(16)12/h3-4H,2,5-9H2,1H3. The van der Waals surface area contributed by atoms with Crippen molar-refractivity contribution >= 4 is 17.5 Å². The van der Waals surface area contributed by atoms with Gasteiger partial charge in [0, 0.05) is 38.6 Å². The van der Waals surface area contributed by atoms with E-state index in [0.717, 1.165) is 32.7 Å². The Kier molecular flexibility index (Phi) is 4.02. The van der Waals surface area contributed by atoms with Gasteiger partial charge in [0.1, 0.15) is 6.54 Å². The SMILES string of the molecule is CCN1CCN(C(=O)Cn2ccnc2Cl)CC1. The fraction of sp³-hybridized carbons (Fsp3) is 0.636. The lowest BCUT2D eigenvalue weighted by molar-refractivity contribution is -0.133. The number of likely N-dealkylation sites (N-methyl/N-ethyl adjacent to an activating group) is 1. The number of aromatic nitrogens is 2. The zero-order valence-corrected chi connectivity index (χ0v) is 10.7. The van der Waals surface area contributed by atoms with E-state index in [9.17, 15) is 4.79 Å². The Hall–Kier alpha value is -1.07. The van der Waals surface area contributed by atoms with Gasteiger partial charge >= 0.3 is 0 Å². The smallest absolute Gasteiger partial charge is 0.242 e. The molecular weight excluding hydrogens is 240 g/mol. The molecule has 1 aromatic rings. The lowest BCUT2D eigenvalue weighted by atomic mass is 10.3. The molecule has 0 bridgehead atoms. The van der Waals surface area contributed by atoms with E-state index in [2.05, 4.69) is 16.8 Å². The van der Waals surface area contributed by atoms with Crippen molar-refractivity contribution in [2.24, 2.45) is 0 Å². The van der Waals surface area contributed by atoms with Crippen molar-refractivity contribution < 1.29 is 4.79 Å². The number of piperazine rings is 1. The van der Waals surface area contributed by atoms with E-state index in [4.69, 9.17) is 11.6 Å². The average molecular weight is 257 g/mol. The second-order valence-electron chi connectivity index (χ2n) is 4.14. The molecule has 2 heterocycles. The van der Waals surface area contributed by atoms with Crippen molar-refractivity contribution in [3.63, 3.8) is 0 Å². The molecule has 1 amide bonds. The summed E-state index contributed by atoms with van der Waals surface area (Å²) in [6, 6.07) is 0. The third-order valence-corrected chi connectivity index (χ3v) is 3.46. The van der Waals surface area contributed by atoms with E-state index in [-0.39, 0.29) is 12.5 Å². The first-order chi connectivity index (χ1) is 8.20. The van der Waals surface area contributed by atoms with Crippen LogP contribution in [0.2, 0.25) is 5.28 Å². The maximum absolute atomic E-state index is 12.0. The lowest BCUT2D eigenvalue weighted by Crippen LogP contribution is -2.49. The molecule has 6 heteroatoms. The van der Waals surface area contributed by atoms with Crippen LogP contribution in [-0.2, 0) is 11.3 Å². The minimum absolute atomic E-state index is 0.112. The molecule has 0 N–H and O–H groups in total. The molecule has 1 aromatic heterocycles. The van der Waals surface area contributed by atoms with Crippen LogP contribution in [0, 0.1) is 0 Å². The fourth-order valence-electron chi connectivity index (χ4n) is 1.99. The highest BCUT2D eigenvalue weighted by Crippen LogP contribution is 2.07. The van der Waals surface area contributed by atoms with Gasteiger partial charge < -0.3 is 14.4 Å². The Balaban J connectivity index is 1.87. The number of carbonyl (C=O) groups is 1. The Morgan fingerprint density at radius 1 is 1.41 bits per heavy atom. The van der Waals surface area contributed by atoms with Crippen LogP contribution in [0.3, 0.4) is 0 Å². The van der Waals surface area contributed by atoms with Crippen LogP contribution in [-0.4, -0.2) is 58.0 Å². The first-order valence-electron chi connectivity index (χ1n) is 5.87. The van der Waals surface area contributed by atoms with E-state index in [1.807, 2.05) is 4.90 Å². The predicted octanol–water partition coefficient (Wildman–Crippen LogP) is 0.701. The summed E-state index contributed by atoms with van der Waals surface area (Å²) in [6.45, 7) is 7.00. The Morgan fingerprint density at radius 3 is 2.65 bits per heavy atom. The van der Waals surface area contributed by atoms with Gasteiger partial charge in [-0.3, -0.25) is 4.79 Å². The summed E-state index contributed by atoms with van der Waals surface area (Å²) in [4.78, 5) is 20.1. The molecule has 0 unspecified atom stereocenters. The zero-order chi connectivity index (χ0) is 12.3. The number of imidazole rings is 1. The lowest BCUT2D eigenvalue weighted by Gasteiger charge is -2.34. The largest absolute Gasteiger partial charge is 0.339 e. The van der Waals surface area contributed by atoms with Crippen LogP contribution in [0.4, 0.5) is 0 Å². The monoisotopic (exact) mass is 256 g/mol. The summed E-state index contributed by atoms with van der Waals surface area (Å²) in [5.41, 5.74) is 0. The number of nitrogens with zero attached hydrogens (tertiary/aromatic N) is 4. The number of halogens is 1. The van der Waals surface area contributed by atoms with E-state index in [1.54, 1.807) is 17.0 Å². The normalized spacial score (nSPS) is 17.4. The van der Waals surface area contributed by atoms with E-state index < -0.39 is 0 Å². The van der Waals surface area contributed by atoms with Gasteiger partial charge in [-0.05, 0) is 18.1 Å². The molecule has 17 heavy (non-hydrogen) atoms. The predicted molar refractivity (Wildman–Crippen MR) is 65.9 cm³/mol. The molecule has 1 aliphatic heterocycles. The number of carbonyl (C=O) groups excluding carboxylic acids is 1. The van der Waals surface area contributed by atoms with Gasteiger partial charge in [0.25, 0.3) is 0 Å². The molecule has 1 saturated heterocycles. The second kappa shape index (κ2) is 5.51. The van der Waals surface area contributed by atoms with Crippen molar-refractivity contribution in [2.45, 2.75) is 13.5 Å². The van der Waals surface area contributed by atoms with Crippen LogP contribution < -0.4 is 0 Å². The quantitative estimate of drug-likeness (QED) is 0.800. The van der Waals surface area contributed by atoms with Crippen LogP contribution in [0.1, 0.15) is 6.92 Å². The Bertz CT molecular complexity index is 385. The Labute approximate surface area is 106 Å². The molecule has 0 aromatic carbocycles. The molecule has 0 spiro atoms. The van der Waals surface area contributed by atoms with Crippen molar-refractivity contribution in [3.8, 4) is 0 Å². The highest BCUT2D eigenvalue weighted by Gasteiger charge is 2.20. The summed E-state index contributed by atoms with van der Waals surface area (Å²) >= 11 is 5.84. The number of hydrogen-bond donors (Lipinski definition) is 0. The third kappa shape index (κ3) is 2.98. The maximum Gasteiger partial charge on any atom is 0.242 e. The van der Waals surface area contributed by atoms with Crippen molar-refractivity contribution in [1.82, 2.24) is 19.4 Å². The van der Waals surface area contributed by atoms with Gasteiger partial charge in [-0.2, -0.15) is 0 Å². The highest BCUT2D eigenvalue weighted by molar-refractivity contribution is 6.28. The molecule has 0 atom stereocenters. The summed E-state index contributed by atoms with van der Waals surface area (Å²) in [6.07, 6.45) is 3.33. The van der Waals surface area contributed by atoms with E-state index in [1.165, 1.54) is 0 Å². The first-order valence-corrected chi connectivity index (χ1v) is 6.25. The van der Waals surface area contributed by atoms with Crippen LogP contribution in [0.25, 0.3) is 0 Å². The molecule has 94 valence electrons. The third-order valence-electron chi connectivity index (χ3n) is 3.14. The number of rotatable bonds is 3. The molecule has 0 saturated carbocycles.